The lowest BCUT2D eigenvalue weighted by Gasteiger charge is -2.32. The number of piperazine rings is 1. The highest BCUT2D eigenvalue weighted by molar-refractivity contribution is 5.95. The minimum Gasteiger partial charge on any atom is -0.342 e. The Balaban J connectivity index is 1.79. The Morgan fingerprint density at radius 1 is 1.11 bits per heavy atom. The van der Waals surface area contributed by atoms with Gasteiger partial charge in [0.25, 0.3) is 5.91 Å². The number of aromatic nitrogens is 1. The van der Waals surface area contributed by atoms with E-state index in [0.717, 1.165) is 24.9 Å². The molecule has 0 bridgehead atoms. The number of para-hydroxylation sites is 1. The van der Waals surface area contributed by atoms with Crippen LogP contribution in [0.15, 0.2) is 36.5 Å². The van der Waals surface area contributed by atoms with Crippen molar-refractivity contribution in [2.45, 2.75) is 26.7 Å². The summed E-state index contributed by atoms with van der Waals surface area (Å²) in [5.41, 5.74) is 4.16. The smallest absolute Gasteiger partial charge is 0.254 e. The molecule has 0 saturated carbocycles. The maximum absolute atomic E-state index is 12.8. The Bertz CT molecular complexity index is 791. The van der Waals surface area contributed by atoms with Crippen LogP contribution in [0.3, 0.4) is 0 Å². The average molecular weight is 366 g/mol. The normalized spacial score (nSPS) is 14.1. The van der Waals surface area contributed by atoms with Crippen LogP contribution in [-0.4, -0.2) is 53.3 Å². The van der Waals surface area contributed by atoms with Crippen LogP contribution in [0.1, 0.15) is 35.3 Å². The minimum absolute atomic E-state index is 0.0227. The van der Waals surface area contributed by atoms with Crippen LogP contribution < -0.4 is 5.32 Å². The Morgan fingerprint density at radius 3 is 2.37 bits per heavy atom. The lowest BCUT2D eigenvalue weighted by Crippen LogP contribution is -2.48. The number of amides is 2. The van der Waals surface area contributed by atoms with Crippen LogP contribution in [0, 0.1) is 0 Å². The third-order valence-electron chi connectivity index (χ3n) is 5.01. The Labute approximate surface area is 160 Å². The van der Waals surface area contributed by atoms with Gasteiger partial charge in [-0.1, -0.05) is 32.0 Å². The summed E-state index contributed by atoms with van der Waals surface area (Å²) in [5, 5.41) is 3.42. The Kier molecular flexibility index (Phi) is 6.06. The first kappa shape index (κ1) is 18.9. The van der Waals surface area contributed by atoms with Crippen LogP contribution in [-0.2, 0) is 17.6 Å². The molecule has 0 unspecified atom stereocenters. The molecule has 2 heterocycles. The largest absolute Gasteiger partial charge is 0.342 e. The second-order valence-electron chi connectivity index (χ2n) is 6.65. The van der Waals surface area contributed by atoms with Crippen molar-refractivity contribution < 1.29 is 9.59 Å². The summed E-state index contributed by atoms with van der Waals surface area (Å²) in [6.45, 7) is 6.53. The Morgan fingerprint density at radius 2 is 1.78 bits per heavy atom. The number of carbonyl (C=O) groups excluding carboxylic acids is 2. The zero-order valence-electron chi connectivity index (χ0n) is 15.9. The third-order valence-corrected chi connectivity index (χ3v) is 5.01. The van der Waals surface area contributed by atoms with Gasteiger partial charge in [-0.25, -0.2) is 4.98 Å². The molecule has 1 aromatic heterocycles. The van der Waals surface area contributed by atoms with Gasteiger partial charge in [0.1, 0.15) is 5.82 Å². The molecule has 1 fully saturated rings. The van der Waals surface area contributed by atoms with Gasteiger partial charge in [-0.05, 0) is 36.1 Å². The van der Waals surface area contributed by atoms with Gasteiger partial charge in [0.2, 0.25) is 6.41 Å². The van der Waals surface area contributed by atoms with Gasteiger partial charge in [-0.3, -0.25) is 9.59 Å². The first-order chi connectivity index (χ1) is 13.2. The van der Waals surface area contributed by atoms with E-state index in [1.807, 2.05) is 0 Å². The van der Waals surface area contributed by atoms with E-state index < -0.39 is 0 Å². The number of rotatable bonds is 6. The van der Waals surface area contributed by atoms with Crippen molar-refractivity contribution in [2.75, 3.05) is 31.5 Å². The summed E-state index contributed by atoms with van der Waals surface area (Å²) in [7, 11) is 0. The van der Waals surface area contributed by atoms with Gasteiger partial charge >= 0.3 is 0 Å². The van der Waals surface area contributed by atoms with Gasteiger partial charge in [-0.15, -0.1) is 0 Å². The SMILES string of the molecule is CCc1cccc(CC)c1Nc1cc(C(=O)N2CCN(C=O)CC2)ccn1. The van der Waals surface area contributed by atoms with Crippen molar-refractivity contribution in [3.05, 3.63) is 53.2 Å². The maximum Gasteiger partial charge on any atom is 0.254 e. The molecule has 0 radical (unpaired) electrons. The highest BCUT2D eigenvalue weighted by Crippen LogP contribution is 2.26. The summed E-state index contributed by atoms with van der Waals surface area (Å²) in [5.74, 6) is 0.647. The van der Waals surface area contributed by atoms with E-state index in [4.69, 9.17) is 0 Å². The standard InChI is InChI=1S/C21H26N4O2/c1-3-16-6-5-7-17(4-2)20(16)23-19-14-18(8-9-22-19)21(27)25-12-10-24(15-26)11-13-25/h5-9,14-15H,3-4,10-13H2,1-2H3,(H,22,23). The van der Waals surface area contributed by atoms with Crippen molar-refractivity contribution in [2.24, 2.45) is 0 Å². The summed E-state index contributed by atoms with van der Waals surface area (Å²) in [6, 6.07) is 9.85. The van der Waals surface area contributed by atoms with Gasteiger partial charge in [0.05, 0.1) is 0 Å². The van der Waals surface area contributed by atoms with Gasteiger partial charge < -0.3 is 15.1 Å². The molecule has 0 atom stereocenters. The third kappa shape index (κ3) is 4.27. The fourth-order valence-electron chi connectivity index (χ4n) is 3.38. The van der Waals surface area contributed by atoms with Crippen molar-refractivity contribution >= 4 is 23.8 Å². The second-order valence-corrected chi connectivity index (χ2v) is 6.65. The molecule has 1 aliphatic rings. The van der Waals surface area contributed by atoms with E-state index in [9.17, 15) is 9.59 Å². The topological polar surface area (TPSA) is 65.5 Å². The highest BCUT2D eigenvalue weighted by Gasteiger charge is 2.21. The number of carbonyl (C=O) groups is 2. The average Bonchev–Trinajstić information content (AvgIpc) is 2.73. The first-order valence-electron chi connectivity index (χ1n) is 9.48. The molecular weight excluding hydrogens is 340 g/mol. The summed E-state index contributed by atoms with van der Waals surface area (Å²) in [6.07, 6.45) is 4.36. The molecule has 2 amide bonds. The van der Waals surface area contributed by atoms with Crippen molar-refractivity contribution in [3.8, 4) is 0 Å². The maximum atomic E-state index is 12.8. The summed E-state index contributed by atoms with van der Waals surface area (Å²) < 4.78 is 0. The van der Waals surface area contributed by atoms with E-state index in [2.05, 4.69) is 42.3 Å². The quantitative estimate of drug-likeness (QED) is 0.799. The van der Waals surface area contributed by atoms with Gasteiger partial charge in [-0.2, -0.15) is 0 Å². The molecule has 27 heavy (non-hydrogen) atoms. The number of aryl methyl sites for hydroxylation is 2. The monoisotopic (exact) mass is 366 g/mol. The molecule has 0 spiro atoms. The lowest BCUT2D eigenvalue weighted by atomic mass is 10.0. The second kappa shape index (κ2) is 8.66. The zero-order chi connectivity index (χ0) is 19.2. The van der Waals surface area contributed by atoms with Crippen molar-refractivity contribution in [1.82, 2.24) is 14.8 Å². The van der Waals surface area contributed by atoms with Crippen LogP contribution in [0.25, 0.3) is 0 Å². The van der Waals surface area contributed by atoms with Crippen molar-refractivity contribution in [1.29, 1.82) is 0 Å². The van der Waals surface area contributed by atoms with E-state index >= 15 is 0 Å². The molecule has 1 aromatic carbocycles. The number of pyridine rings is 1. The zero-order valence-corrected chi connectivity index (χ0v) is 15.9. The van der Waals surface area contributed by atoms with E-state index in [-0.39, 0.29) is 5.91 Å². The minimum atomic E-state index is -0.0227. The predicted octanol–water partition coefficient (Wildman–Crippen LogP) is 2.86. The fourth-order valence-corrected chi connectivity index (χ4v) is 3.38. The number of benzene rings is 1. The molecule has 6 nitrogen and oxygen atoms in total. The molecule has 0 aliphatic carbocycles. The highest BCUT2D eigenvalue weighted by atomic mass is 16.2. The Hall–Kier alpha value is -2.89. The van der Waals surface area contributed by atoms with E-state index in [1.54, 1.807) is 28.1 Å². The molecule has 1 aliphatic heterocycles. The van der Waals surface area contributed by atoms with Gasteiger partial charge in [0, 0.05) is 43.6 Å². The molecule has 1 N–H and O–H groups in total. The molecule has 142 valence electrons. The first-order valence-corrected chi connectivity index (χ1v) is 9.48. The van der Waals surface area contributed by atoms with Crippen LogP contribution in [0.2, 0.25) is 0 Å². The van der Waals surface area contributed by atoms with E-state index in [0.29, 0.717) is 37.6 Å². The van der Waals surface area contributed by atoms with Crippen LogP contribution >= 0.6 is 0 Å². The number of hydrogen-bond donors (Lipinski definition) is 1. The molecule has 3 rings (SSSR count). The van der Waals surface area contributed by atoms with E-state index in [1.165, 1.54) is 11.1 Å². The molecule has 1 saturated heterocycles. The molecular formula is C21H26N4O2. The van der Waals surface area contributed by atoms with Crippen LogP contribution in [0.5, 0.6) is 0 Å². The molecule has 2 aromatic rings. The number of nitrogens with zero attached hydrogens (tertiary/aromatic N) is 3. The number of nitrogens with one attached hydrogen (secondary N) is 1. The van der Waals surface area contributed by atoms with Crippen molar-refractivity contribution in [3.63, 3.8) is 0 Å². The summed E-state index contributed by atoms with van der Waals surface area (Å²) in [4.78, 5) is 31.5. The van der Waals surface area contributed by atoms with Crippen LogP contribution in [0.4, 0.5) is 11.5 Å². The number of anilines is 2. The van der Waals surface area contributed by atoms with Gasteiger partial charge in [0.15, 0.2) is 0 Å². The molecule has 6 heteroatoms. The predicted molar refractivity (Wildman–Crippen MR) is 106 cm³/mol. The number of hydrogen-bond acceptors (Lipinski definition) is 4. The lowest BCUT2D eigenvalue weighted by molar-refractivity contribution is -0.119. The summed E-state index contributed by atoms with van der Waals surface area (Å²) >= 11 is 0. The fraction of sp³-hybridized carbons (Fsp3) is 0.381.